The van der Waals surface area contributed by atoms with Gasteiger partial charge in [0.25, 0.3) is 0 Å². The summed E-state index contributed by atoms with van der Waals surface area (Å²) in [7, 11) is 0. The van der Waals surface area contributed by atoms with Gasteiger partial charge in [-0.3, -0.25) is 5.43 Å². The lowest BCUT2D eigenvalue weighted by atomic mass is 10.1. The number of nitrogens with one attached hydrogen (secondary N) is 1. The van der Waals surface area contributed by atoms with E-state index in [-0.39, 0.29) is 22.7 Å². The molecule has 0 amide bonds. The summed E-state index contributed by atoms with van der Waals surface area (Å²) in [5, 5.41) is 5.12. The number of aromatic nitrogens is 1. The maximum atomic E-state index is 13.2. The van der Waals surface area contributed by atoms with Gasteiger partial charge in [-0.15, -0.1) is 0 Å². The van der Waals surface area contributed by atoms with Crippen LogP contribution in [-0.4, -0.2) is 33.8 Å². The van der Waals surface area contributed by atoms with Crippen LogP contribution < -0.4 is 24.4 Å². The van der Waals surface area contributed by atoms with Crippen LogP contribution in [-0.2, 0) is 0 Å². The van der Waals surface area contributed by atoms with Crippen LogP contribution in [0.4, 0.5) is 5.13 Å². The lowest BCUT2D eigenvalue weighted by Crippen LogP contribution is -2.23. The normalized spacial score (nSPS) is 12.0. The van der Waals surface area contributed by atoms with Crippen molar-refractivity contribution in [3.05, 3.63) is 108 Å². The molecule has 0 aliphatic carbocycles. The van der Waals surface area contributed by atoms with Crippen molar-refractivity contribution in [2.75, 3.05) is 5.43 Å². The first-order chi connectivity index (χ1) is 22.2. The molecule has 0 fully saturated rings. The molecule has 47 heavy (non-hydrogen) atoms. The Morgan fingerprint density at radius 3 is 1.79 bits per heavy atom. The van der Waals surface area contributed by atoms with E-state index in [0.29, 0.717) is 39.0 Å². The summed E-state index contributed by atoms with van der Waals surface area (Å²) in [6.45, 7) is 13.5. The number of para-hydroxylation sites is 1. The molecule has 0 aliphatic heterocycles. The number of hydrogen-bond donors (Lipinski definition) is 1. The van der Waals surface area contributed by atoms with E-state index in [1.54, 1.807) is 73.7 Å². The number of anilines is 1. The monoisotopic (exact) mass is 651 g/mol. The van der Waals surface area contributed by atoms with Gasteiger partial charge in [0, 0.05) is 5.56 Å². The molecule has 5 rings (SSSR count). The number of benzene rings is 4. The summed E-state index contributed by atoms with van der Waals surface area (Å²) >= 11 is 1.46. The Bertz CT molecular complexity index is 1880. The van der Waals surface area contributed by atoms with E-state index in [1.165, 1.54) is 11.3 Å². The standard InChI is InChI=1S/C37H37N3O6S/c1-23(39-40-35-38-30-10-8-9-11-32(30)47-35)29-22-28(43-33(41)24-12-16-26(17-13-24)45-36(2,3)4)20-21-31(29)44-34(42)25-14-18-27(19-15-25)46-37(5,6)7/h8-22H,1-7H3,(H,38,40)/b39-23+. The first-order valence-corrected chi connectivity index (χ1v) is 15.9. The number of hydrazone groups is 1. The van der Waals surface area contributed by atoms with Crippen LogP contribution in [0.3, 0.4) is 0 Å². The summed E-state index contributed by atoms with van der Waals surface area (Å²) in [5.74, 6) is 0.650. The van der Waals surface area contributed by atoms with Crippen LogP contribution in [0.5, 0.6) is 23.0 Å². The Hall–Kier alpha value is -5.22. The van der Waals surface area contributed by atoms with Crippen molar-refractivity contribution in [3.8, 4) is 23.0 Å². The highest BCUT2D eigenvalue weighted by atomic mass is 32.1. The van der Waals surface area contributed by atoms with Gasteiger partial charge < -0.3 is 18.9 Å². The smallest absolute Gasteiger partial charge is 0.343 e. The number of thiazole rings is 1. The molecule has 1 heterocycles. The minimum atomic E-state index is -0.567. The molecular weight excluding hydrogens is 614 g/mol. The molecule has 0 aliphatic rings. The zero-order chi connectivity index (χ0) is 33.8. The molecule has 0 spiro atoms. The molecule has 1 N–H and O–H groups in total. The molecule has 0 atom stereocenters. The maximum absolute atomic E-state index is 13.2. The summed E-state index contributed by atoms with van der Waals surface area (Å²) < 4.78 is 24.3. The molecule has 10 heteroatoms. The van der Waals surface area contributed by atoms with Gasteiger partial charge in [0.2, 0.25) is 5.13 Å². The number of ether oxygens (including phenoxy) is 4. The predicted octanol–water partition coefficient (Wildman–Crippen LogP) is 8.93. The molecule has 4 aromatic carbocycles. The van der Waals surface area contributed by atoms with E-state index in [0.717, 1.165) is 10.2 Å². The second-order valence-corrected chi connectivity index (χ2v) is 13.7. The average molecular weight is 652 g/mol. The highest BCUT2D eigenvalue weighted by molar-refractivity contribution is 7.22. The van der Waals surface area contributed by atoms with Crippen LogP contribution >= 0.6 is 11.3 Å². The van der Waals surface area contributed by atoms with Gasteiger partial charge in [-0.2, -0.15) is 5.10 Å². The van der Waals surface area contributed by atoms with Crippen molar-refractivity contribution in [1.29, 1.82) is 0 Å². The number of nitrogens with zero attached hydrogens (tertiary/aromatic N) is 2. The number of carbonyl (C=O) groups excluding carboxylic acids is 2. The number of esters is 2. The summed E-state index contributed by atoms with van der Waals surface area (Å²) in [4.78, 5) is 30.8. The first-order valence-electron chi connectivity index (χ1n) is 15.1. The Morgan fingerprint density at radius 2 is 1.23 bits per heavy atom. The van der Waals surface area contributed by atoms with Crippen molar-refractivity contribution in [1.82, 2.24) is 4.98 Å². The third kappa shape index (κ3) is 9.17. The highest BCUT2D eigenvalue weighted by Gasteiger charge is 2.19. The second-order valence-electron chi connectivity index (χ2n) is 12.7. The fourth-order valence-corrected chi connectivity index (χ4v) is 5.21. The lowest BCUT2D eigenvalue weighted by molar-refractivity contribution is 0.0718. The van der Waals surface area contributed by atoms with Crippen LogP contribution in [0.15, 0.2) is 96.1 Å². The van der Waals surface area contributed by atoms with E-state index < -0.39 is 11.9 Å². The Kier molecular flexibility index (Phi) is 9.62. The molecule has 0 unspecified atom stereocenters. The molecule has 0 radical (unpaired) electrons. The number of carbonyl (C=O) groups is 2. The largest absolute Gasteiger partial charge is 0.488 e. The molecule has 0 bridgehead atoms. The number of rotatable bonds is 9. The van der Waals surface area contributed by atoms with Crippen molar-refractivity contribution >= 4 is 44.3 Å². The van der Waals surface area contributed by atoms with Crippen molar-refractivity contribution in [3.63, 3.8) is 0 Å². The van der Waals surface area contributed by atoms with Gasteiger partial charge in [-0.1, -0.05) is 23.5 Å². The van der Waals surface area contributed by atoms with Gasteiger partial charge in [0.1, 0.15) is 34.2 Å². The summed E-state index contributed by atoms with van der Waals surface area (Å²) in [5.41, 5.74) is 4.73. The molecule has 9 nitrogen and oxygen atoms in total. The SMILES string of the molecule is C/C(=N\Nc1nc2ccccc2s1)c1cc(OC(=O)c2ccc(OC(C)(C)C)cc2)ccc1OC(=O)c1ccc(OC(C)(C)C)cc1. The minimum absolute atomic E-state index is 0.237. The maximum Gasteiger partial charge on any atom is 0.343 e. The van der Waals surface area contributed by atoms with Gasteiger partial charge in [-0.05, 0) is 127 Å². The van der Waals surface area contributed by atoms with Crippen molar-refractivity contribution in [2.45, 2.75) is 59.7 Å². The van der Waals surface area contributed by atoms with Gasteiger partial charge in [-0.25, -0.2) is 14.6 Å². The van der Waals surface area contributed by atoms with Crippen LogP contribution in [0.25, 0.3) is 10.2 Å². The molecule has 242 valence electrons. The van der Waals surface area contributed by atoms with Gasteiger partial charge in [0.15, 0.2) is 0 Å². The van der Waals surface area contributed by atoms with Crippen LogP contribution in [0.2, 0.25) is 0 Å². The van der Waals surface area contributed by atoms with E-state index in [2.05, 4.69) is 15.5 Å². The summed E-state index contributed by atoms with van der Waals surface area (Å²) in [6, 6.07) is 26.0. The molecule has 1 aromatic heterocycles. The van der Waals surface area contributed by atoms with E-state index in [9.17, 15) is 9.59 Å². The topological polar surface area (TPSA) is 108 Å². The highest BCUT2D eigenvalue weighted by Crippen LogP contribution is 2.29. The predicted molar refractivity (Wildman–Crippen MR) is 185 cm³/mol. The quantitative estimate of drug-likeness (QED) is 0.0729. The van der Waals surface area contributed by atoms with E-state index in [4.69, 9.17) is 18.9 Å². The molecule has 5 aromatic rings. The zero-order valence-corrected chi connectivity index (χ0v) is 28.2. The zero-order valence-electron chi connectivity index (χ0n) is 27.4. The lowest BCUT2D eigenvalue weighted by Gasteiger charge is -2.21. The Labute approximate surface area is 278 Å². The minimum Gasteiger partial charge on any atom is -0.488 e. The Balaban J connectivity index is 1.39. The van der Waals surface area contributed by atoms with E-state index in [1.807, 2.05) is 65.8 Å². The Morgan fingerprint density at radius 1 is 0.702 bits per heavy atom. The molecule has 0 saturated carbocycles. The van der Waals surface area contributed by atoms with E-state index >= 15 is 0 Å². The average Bonchev–Trinajstić information content (AvgIpc) is 3.43. The van der Waals surface area contributed by atoms with Crippen LogP contribution in [0, 0.1) is 0 Å². The number of fused-ring (bicyclic) bond motifs is 1. The second kappa shape index (κ2) is 13.6. The molecule has 0 saturated heterocycles. The summed E-state index contributed by atoms with van der Waals surface area (Å²) in [6.07, 6.45) is 0. The number of hydrogen-bond acceptors (Lipinski definition) is 10. The molecular formula is C37H37N3O6S. The first kappa shape index (κ1) is 33.2. The van der Waals surface area contributed by atoms with Crippen molar-refractivity contribution < 1.29 is 28.5 Å². The fraction of sp³-hybridized carbons (Fsp3) is 0.243. The fourth-order valence-electron chi connectivity index (χ4n) is 4.41. The van der Waals surface area contributed by atoms with Crippen molar-refractivity contribution in [2.24, 2.45) is 5.10 Å². The van der Waals surface area contributed by atoms with Gasteiger partial charge in [0.05, 0.1) is 27.1 Å². The third-order valence-corrected chi connectivity index (χ3v) is 7.34. The third-order valence-electron chi connectivity index (χ3n) is 6.40. The van der Waals surface area contributed by atoms with Crippen LogP contribution in [0.1, 0.15) is 74.7 Å². The van der Waals surface area contributed by atoms with Gasteiger partial charge >= 0.3 is 11.9 Å².